The molecule has 3 aromatic carbocycles. The fourth-order valence-corrected chi connectivity index (χ4v) is 2.80. The Balaban J connectivity index is 1.49. The minimum absolute atomic E-state index is 0.368. The van der Waals surface area contributed by atoms with Gasteiger partial charge in [-0.05, 0) is 47.4 Å². The maximum atomic E-state index is 11.6. The van der Waals surface area contributed by atoms with Gasteiger partial charge in [0.2, 0.25) is 0 Å². The van der Waals surface area contributed by atoms with Gasteiger partial charge in [-0.2, -0.15) is 0 Å². The zero-order valence-electron chi connectivity index (χ0n) is 18.5. The molecule has 0 fully saturated rings. The first kappa shape index (κ1) is 24.8. The predicted octanol–water partition coefficient (Wildman–Crippen LogP) is 2.55. The number of aliphatic carboxylic acids is 1. The second-order valence-electron chi connectivity index (χ2n) is 6.94. The zero-order valence-corrected chi connectivity index (χ0v) is 18.5. The molecule has 10 heteroatoms. The van der Waals surface area contributed by atoms with Crippen LogP contribution in [0.2, 0.25) is 0 Å². The normalized spacial score (nSPS) is 10.4. The van der Waals surface area contributed by atoms with Crippen molar-refractivity contribution in [2.24, 2.45) is 0 Å². The van der Waals surface area contributed by atoms with E-state index >= 15 is 0 Å². The van der Waals surface area contributed by atoms with Crippen molar-refractivity contribution in [2.75, 3.05) is 20.3 Å². The third-order valence-electron chi connectivity index (χ3n) is 4.39. The Kier molecular flexibility index (Phi) is 9.47. The monoisotopic (exact) mass is 465 g/mol. The van der Waals surface area contributed by atoms with Gasteiger partial charge >= 0.3 is 19.1 Å². The molecular formula is C24H24BNO8. The number of hydrogen-bond donors (Lipinski definition) is 2. The molecule has 9 nitrogen and oxygen atoms in total. The van der Waals surface area contributed by atoms with Crippen LogP contribution in [0, 0.1) is 0 Å². The highest BCUT2D eigenvalue weighted by atomic mass is 16.7. The molecule has 3 rings (SSSR count). The molecule has 2 N–H and O–H groups in total. The summed E-state index contributed by atoms with van der Waals surface area (Å²) in [5.41, 5.74) is 4.11. The van der Waals surface area contributed by atoms with Crippen molar-refractivity contribution in [2.45, 2.75) is 6.61 Å². The van der Waals surface area contributed by atoms with Crippen molar-refractivity contribution in [1.82, 2.24) is 5.48 Å². The number of ether oxygens (including phenoxy) is 3. The highest BCUT2D eigenvalue weighted by molar-refractivity contribution is 6.61. The predicted molar refractivity (Wildman–Crippen MR) is 124 cm³/mol. The van der Waals surface area contributed by atoms with Crippen LogP contribution in [-0.4, -0.2) is 44.4 Å². The molecule has 3 aromatic rings. The summed E-state index contributed by atoms with van der Waals surface area (Å²) in [6.45, 7) is -0.830. The van der Waals surface area contributed by atoms with Gasteiger partial charge in [0.1, 0.15) is 30.5 Å². The van der Waals surface area contributed by atoms with Crippen LogP contribution in [0.1, 0.15) is 5.56 Å². The number of hydroxylamine groups is 1. The summed E-state index contributed by atoms with van der Waals surface area (Å²) in [6.07, 6.45) is 0. The molecule has 34 heavy (non-hydrogen) atoms. The van der Waals surface area contributed by atoms with Crippen molar-refractivity contribution < 1.29 is 38.3 Å². The van der Waals surface area contributed by atoms with E-state index in [1.165, 1.54) is 0 Å². The topological polar surface area (TPSA) is 113 Å². The van der Waals surface area contributed by atoms with Gasteiger partial charge < -0.3 is 28.7 Å². The van der Waals surface area contributed by atoms with Gasteiger partial charge in [0.25, 0.3) is 0 Å². The molecule has 0 atom stereocenters. The number of esters is 1. The van der Waals surface area contributed by atoms with E-state index in [-0.39, 0.29) is 0 Å². The van der Waals surface area contributed by atoms with Crippen LogP contribution >= 0.6 is 0 Å². The minimum Gasteiger partial charge on any atom is -0.489 e. The van der Waals surface area contributed by atoms with Gasteiger partial charge in [0.15, 0.2) is 6.61 Å². The number of carboxylic acids is 1. The Morgan fingerprint density at radius 1 is 0.853 bits per heavy atom. The number of rotatable bonds is 13. The lowest BCUT2D eigenvalue weighted by molar-refractivity contribution is -0.156. The number of para-hydroxylation sites is 1. The number of carboxylic acid groups (broad SMARTS) is 1. The van der Waals surface area contributed by atoms with Crippen LogP contribution in [0.5, 0.6) is 17.2 Å². The van der Waals surface area contributed by atoms with E-state index < -0.39 is 32.3 Å². The summed E-state index contributed by atoms with van der Waals surface area (Å²) in [4.78, 5) is 22.0. The van der Waals surface area contributed by atoms with Gasteiger partial charge in [-0.1, -0.05) is 42.5 Å². The molecule has 0 aliphatic carbocycles. The Bertz CT molecular complexity index is 1040. The van der Waals surface area contributed by atoms with E-state index in [0.717, 1.165) is 17.1 Å². The van der Waals surface area contributed by atoms with Gasteiger partial charge in [-0.15, -0.1) is 0 Å². The van der Waals surface area contributed by atoms with Gasteiger partial charge in [0, 0.05) is 7.05 Å². The molecule has 0 spiro atoms. The van der Waals surface area contributed by atoms with Crippen LogP contribution in [0.25, 0.3) is 0 Å². The Labute approximate surface area is 197 Å². The van der Waals surface area contributed by atoms with Crippen LogP contribution in [0.4, 0.5) is 0 Å². The summed E-state index contributed by atoms with van der Waals surface area (Å²) >= 11 is 0. The van der Waals surface area contributed by atoms with Crippen LogP contribution in [-0.2, 0) is 30.3 Å². The summed E-state index contributed by atoms with van der Waals surface area (Å²) < 4.78 is 26.8. The Hall–Kier alpha value is -3.86. The molecule has 0 aliphatic heterocycles. The van der Waals surface area contributed by atoms with E-state index in [4.69, 9.17) is 24.0 Å². The van der Waals surface area contributed by atoms with Crippen LogP contribution in [0.15, 0.2) is 78.9 Å². The van der Waals surface area contributed by atoms with Crippen LogP contribution in [0.3, 0.4) is 0 Å². The lowest BCUT2D eigenvalue weighted by Gasteiger charge is -2.14. The molecule has 0 amide bonds. The molecule has 0 radical (unpaired) electrons. The standard InChI is InChI=1S/C24H24BNO8/c1-26-34-25(32-17-24(29)31-16-23(27)28)19-9-13-20(14-10-19)30-15-18-7-11-22(12-8-18)33-21-5-3-2-4-6-21/h2-14,26H,15-17H2,1H3,(H,27,28). The van der Waals surface area contributed by atoms with Gasteiger partial charge in [0.05, 0.1) is 0 Å². The number of carbonyl (C=O) groups excluding carboxylic acids is 1. The number of carbonyl (C=O) groups is 2. The molecule has 0 saturated carbocycles. The Morgan fingerprint density at radius 3 is 2.15 bits per heavy atom. The van der Waals surface area contributed by atoms with E-state index in [2.05, 4.69) is 10.2 Å². The van der Waals surface area contributed by atoms with E-state index in [9.17, 15) is 9.59 Å². The first-order chi connectivity index (χ1) is 16.5. The third kappa shape index (κ3) is 8.25. The molecule has 0 aromatic heterocycles. The molecule has 0 aliphatic rings. The van der Waals surface area contributed by atoms with Gasteiger partial charge in [-0.3, -0.25) is 0 Å². The first-order valence-electron chi connectivity index (χ1n) is 10.4. The van der Waals surface area contributed by atoms with Crippen LogP contribution < -0.4 is 20.4 Å². The fourth-order valence-electron chi connectivity index (χ4n) is 2.80. The summed E-state index contributed by atoms with van der Waals surface area (Å²) in [5.74, 6) is 0.0862. The highest BCUT2D eigenvalue weighted by Gasteiger charge is 2.23. The van der Waals surface area contributed by atoms with Gasteiger partial charge in [-0.25, -0.2) is 15.1 Å². The zero-order chi connectivity index (χ0) is 24.2. The largest absolute Gasteiger partial charge is 0.511 e. The van der Waals surface area contributed by atoms with Crippen molar-refractivity contribution in [3.05, 3.63) is 84.4 Å². The molecule has 0 saturated heterocycles. The fraction of sp³-hybridized carbons (Fsp3) is 0.167. The lowest BCUT2D eigenvalue weighted by atomic mass is 9.79. The number of nitrogens with one attached hydrogen (secondary N) is 1. The number of hydrogen-bond acceptors (Lipinski definition) is 8. The highest BCUT2D eigenvalue weighted by Crippen LogP contribution is 2.21. The van der Waals surface area contributed by atoms with Crippen molar-refractivity contribution >= 4 is 24.5 Å². The molecular weight excluding hydrogens is 441 g/mol. The van der Waals surface area contributed by atoms with Crippen molar-refractivity contribution in [3.63, 3.8) is 0 Å². The maximum Gasteiger partial charge on any atom is 0.511 e. The summed E-state index contributed by atoms with van der Waals surface area (Å²) in [7, 11) is 0.640. The lowest BCUT2D eigenvalue weighted by Crippen LogP contribution is -2.41. The smallest absolute Gasteiger partial charge is 0.489 e. The SMILES string of the molecule is CNOB(OCC(=O)OCC(=O)O)c1ccc(OCc2ccc(Oc3ccccc3)cc2)cc1. The average Bonchev–Trinajstić information content (AvgIpc) is 2.86. The summed E-state index contributed by atoms with van der Waals surface area (Å²) in [6, 6.07) is 24.1. The maximum absolute atomic E-state index is 11.6. The van der Waals surface area contributed by atoms with E-state index in [1.54, 1.807) is 31.3 Å². The second kappa shape index (κ2) is 13.0. The average molecular weight is 465 g/mol. The quantitative estimate of drug-likeness (QED) is 0.223. The first-order valence-corrected chi connectivity index (χ1v) is 10.4. The molecule has 0 bridgehead atoms. The molecule has 0 heterocycles. The molecule has 176 valence electrons. The molecule has 0 unspecified atom stereocenters. The minimum atomic E-state index is -1.25. The number of benzene rings is 3. The second-order valence-corrected chi connectivity index (χ2v) is 6.94. The van der Waals surface area contributed by atoms with E-state index in [1.807, 2.05) is 54.6 Å². The Morgan fingerprint density at radius 2 is 1.50 bits per heavy atom. The van der Waals surface area contributed by atoms with Crippen molar-refractivity contribution in [1.29, 1.82) is 0 Å². The third-order valence-corrected chi connectivity index (χ3v) is 4.39. The van der Waals surface area contributed by atoms with Crippen molar-refractivity contribution in [3.8, 4) is 17.2 Å². The summed E-state index contributed by atoms with van der Waals surface area (Å²) in [5, 5.41) is 8.54. The van der Waals surface area contributed by atoms with E-state index in [0.29, 0.717) is 17.8 Å².